The Bertz CT molecular complexity index is 869. The lowest BCUT2D eigenvalue weighted by atomic mass is 10.1. The number of benzene rings is 1. The molecule has 3 rings (SSSR count). The Balaban J connectivity index is 1.77. The van der Waals surface area contributed by atoms with Gasteiger partial charge in [-0.25, -0.2) is 0 Å². The minimum absolute atomic E-state index is 0.0370. The minimum atomic E-state index is -0.0370. The number of hydrogen-bond donors (Lipinski definition) is 3. The standard InChI is InChI=1S/C21H27N5O/c1-4-22-12-11-20-19(14-27)21(25-26(20)3)24-18-9-7-16(8-10-18)17-6-5-15(2)23-13-17/h5-10,13,22,27H,4,11-12,14H2,1-3H3,(H,24,25). The van der Waals surface area contributed by atoms with Crippen LogP contribution >= 0.6 is 0 Å². The summed E-state index contributed by atoms with van der Waals surface area (Å²) in [4.78, 5) is 4.35. The van der Waals surface area contributed by atoms with Crippen molar-refractivity contribution in [3.8, 4) is 11.1 Å². The number of aliphatic hydroxyl groups is 1. The summed E-state index contributed by atoms with van der Waals surface area (Å²) in [5, 5.41) is 21.0. The first-order valence-electron chi connectivity index (χ1n) is 9.28. The molecule has 0 saturated carbocycles. The predicted molar refractivity (Wildman–Crippen MR) is 109 cm³/mol. The van der Waals surface area contributed by atoms with Crippen LogP contribution in [0.25, 0.3) is 11.1 Å². The molecule has 0 aliphatic carbocycles. The molecule has 1 aromatic carbocycles. The van der Waals surface area contributed by atoms with Gasteiger partial charge in [-0.15, -0.1) is 0 Å². The van der Waals surface area contributed by atoms with Crippen LogP contribution in [-0.4, -0.2) is 33.0 Å². The molecule has 0 unspecified atom stereocenters. The number of hydrogen-bond acceptors (Lipinski definition) is 5. The second kappa shape index (κ2) is 8.79. The highest BCUT2D eigenvalue weighted by molar-refractivity contribution is 5.68. The van der Waals surface area contributed by atoms with Crippen molar-refractivity contribution in [1.82, 2.24) is 20.1 Å². The van der Waals surface area contributed by atoms with Crippen LogP contribution in [0.3, 0.4) is 0 Å². The fraction of sp³-hybridized carbons (Fsp3) is 0.333. The number of pyridine rings is 1. The van der Waals surface area contributed by atoms with Crippen molar-refractivity contribution < 1.29 is 5.11 Å². The second-order valence-electron chi connectivity index (χ2n) is 6.55. The van der Waals surface area contributed by atoms with Gasteiger partial charge in [0.25, 0.3) is 0 Å². The minimum Gasteiger partial charge on any atom is -0.391 e. The first-order chi connectivity index (χ1) is 13.1. The van der Waals surface area contributed by atoms with Crippen LogP contribution in [0.15, 0.2) is 42.6 Å². The van der Waals surface area contributed by atoms with Crippen LogP contribution in [-0.2, 0) is 20.1 Å². The molecule has 6 nitrogen and oxygen atoms in total. The lowest BCUT2D eigenvalue weighted by Crippen LogP contribution is -2.18. The van der Waals surface area contributed by atoms with Crippen LogP contribution in [0.2, 0.25) is 0 Å². The molecule has 0 aliphatic heterocycles. The van der Waals surface area contributed by atoms with E-state index >= 15 is 0 Å². The van der Waals surface area contributed by atoms with E-state index in [0.29, 0.717) is 5.82 Å². The maximum Gasteiger partial charge on any atom is 0.158 e. The van der Waals surface area contributed by atoms with Gasteiger partial charge in [-0.05, 0) is 37.2 Å². The van der Waals surface area contributed by atoms with Crippen molar-refractivity contribution in [3.63, 3.8) is 0 Å². The Hall–Kier alpha value is -2.70. The van der Waals surface area contributed by atoms with E-state index in [4.69, 9.17) is 0 Å². The van der Waals surface area contributed by atoms with Crippen LogP contribution in [0.5, 0.6) is 0 Å². The largest absolute Gasteiger partial charge is 0.391 e. The van der Waals surface area contributed by atoms with Gasteiger partial charge in [0.1, 0.15) is 0 Å². The summed E-state index contributed by atoms with van der Waals surface area (Å²) >= 11 is 0. The smallest absolute Gasteiger partial charge is 0.158 e. The van der Waals surface area contributed by atoms with Gasteiger partial charge in [0, 0.05) is 54.4 Å². The monoisotopic (exact) mass is 365 g/mol. The van der Waals surface area contributed by atoms with Gasteiger partial charge in [-0.3, -0.25) is 9.67 Å². The average Bonchev–Trinajstić information content (AvgIpc) is 2.97. The summed E-state index contributed by atoms with van der Waals surface area (Å²) in [7, 11) is 1.92. The van der Waals surface area contributed by atoms with E-state index in [1.807, 2.05) is 43.0 Å². The molecule has 3 aromatic rings. The summed E-state index contributed by atoms with van der Waals surface area (Å²) in [5.74, 6) is 0.705. The van der Waals surface area contributed by atoms with E-state index in [1.165, 1.54) is 0 Å². The van der Waals surface area contributed by atoms with E-state index in [1.54, 1.807) is 0 Å². The number of anilines is 2. The lowest BCUT2D eigenvalue weighted by molar-refractivity contribution is 0.281. The highest BCUT2D eigenvalue weighted by Crippen LogP contribution is 2.26. The molecule has 3 N–H and O–H groups in total. The van der Waals surface area contributed by atoms with Gasteiger partial charge in [0.15, 0.2) is 5.82 Å². The van der Waals surface area contributed by atoms with Crippen molar-refractivity contribution in [2.75, 3.05) is 18.4 Å². The van der Waals surface area contributed by atoms with Crippen LogP contribution in [0, 0.1) is 6.92 Å². The molecule has 0 radical (unpaired) electrons. The summed E-state index contributed by atoms with van der Waals surface area (Å²) in [6.45, 7) is 5.82. The third kappa shape index (κ3) is 4.53. The Morgan fingerprint density at radius 2 is 1.81 bits per heavy atom. The van der Waals surface area contributed by atoms with Gasteiger partial charge < -0.3 is 15.7 Å². The van der Waals surface area contributed by atoms with Gasteiger partial charge in [0.2, 0.25) is 0 Å². The number of rotatable bonds is 8. The molecule has 0 saturated heterocycles. The molecule has 142 valence electrons. The Morgan fingerprint density at radius 1 is 1.07 bits per heavy atom. The van der Waals surface area contributed by atoms with Crippen LogP contribution < -0.4 is 10.6 Å². The normalized spacial score (nSPS) is 11.0. The zero-order valence-electron chi connectivity index (χ0n) is 16.2. The second-order valence-corrected chi connectivity index (χ2v) is 6.55. The SMILES string of the molecule is CCNCCc1c(CO)c(Nc2ccc(-c3ccc(C)nc3)cc2)nn1C. The summed E-state index contributed by atoms with van der Waals surface area (Å²) < 4.78 is 1.84. The van der Waals surface area contributed by atoms with Crippen molar-refractivity contribution in [2.24, 2.45) is 7.05 Å². The first-order valence-corrected chi connectivity index (χ1v) is 9.28. The molecule has 2 heterocycles. The molecule has 0 fully saturated rings. The van der Waals surface area contributed by atoms with E-state index in [2.05, 4.69) is 45.8 Å². The quantitative estimate of drug-likeness (QED) is 0.535. The molecule has 27 heavy (non-hydrogen) atoms. The molecule has 0 bridgehead atoms. The van der Waals surface area contributed by atoms with E-state index in [0.717, 1.165) is 53.3 Å². The maximum atomic E-state index is 9.84. The fourth-order valence-electron chi connectivity index (χ4n) is 3.09. The zero-order chi connectivity index (χ0) is 19.2. The van der Waals surface area contributed by atoms with Gasteiger partial charge in [0.05, 0.1) is 6.61 Å². The molecule has 0 amide bonds. The van der Waals surface area contributed by atoms with Crippen molar-refractivity contribution in [3.05, 3.63) is 59.5 Å². The number of nitrogens with one attached hydrogen (secondary N) is 2. The first kappa shape index (κ1) is 19.1. The molecule has 6 heteroatoms. The molecule has 2 aromatic heterocycles. The van der Waals surface area contributed by atoms with E-state index < -0.39 is 0 Å². The van der Waals surface area contributed by atoms with Gasteiger partial charge in [-0.2, -0.15) is 5.10 Å². The summed E-state index contributed by atoms with van der Waals surface area (Å²) in [6.07, 6.45) is 2.71. The molecule has 0 spiro atoms. The maximum absolute atomic E-state index is 9.84. The van der Waals surface area contributed by atoms with Crippen molar-refractivity contribution >= 4 is 11.5 Å². The number of aliphatic hydroxyl groups excluding tert-OH is 1. The lowest BCUT2D eigenvalue weighted by Gasteiger charge is -2.08. The number of nitrogens with zero attached hydrogens (tertiary/aromatic N) is 3. The van der Waals surface area contributed by atoms with E-state index in [-0.39, 0.29) is 6.61 Å². The number of likely N-dealkylation sites (N-methyl/N-ethyl adjacent to an activating group) is 1. The van der Waals surface area contributed by atoms with E-state index in [9.17, 15) is 5.11 Å². The summed E-state index contributed by atoms with van der Waals surface area (Å²) in [5.41, 5.74) is 6.04. The van der Waals surface area contributed by atoms with Gasteiger partial charge in [-0.1, -0.05) is 25.1 Å². The van der Waals surface area contributed by atoms with Crippen LogP contribution in [0.4, 0.5) is 11.5 Å². The van der Waals surface area contributed by atoms with Crippen LogP contribution in [0.1, 0.15) is 23.9 Å². The molecule has 0 aliphatic rings. The van der Waals surface area contributed by atoms with Gasteiger partial charge >= 0.3 is 0 Å². The molecular weight excluding hydrogens is 338 g/mol. The highest BCUT2D eigenvalue weighted by Gasteiger charge is 2.15. The third-order valence-corrected chi connectivity index (χ3v) is 4.61. The summed E-state index contributed by atoms with van der Waals surface area (Å²) in [6, 6.07) is 12.2. The zero-order valence-corrected chi connectivity index (χ0v) is 16.2. The third-order valence-electron chi connectivity index (χ3n) is 4.61. The molecular formula is C21H27N5O. The van der Waals surface area contributed by atoms with Crippen molar-refractivity contribution in [2.45, 2.75) is 26.9 Å². The number of aromatic nitrogens is 3. The Kier molecular flexibility index (Phi) is 6.21. The topological polar surface area (TPSA) is 75.0 Å². The fourth-order valence-corrected chi connectivity index (χ4v) is 3.09. The Labute approximate surface area is 160 Å². The highest BCUT2D eigenvalue weighted by atomic mass is 16.3. The Morgan fingerprint density at radius 3 is 2.44 bits per heavy atom. The molecule has 0 atom stereocenters. The number of aryl methyl sites for hydroxylation is 2. The van der Waals surface area contributed by atoms with Crippen molar-refractivity contribution in [1.29, 1.82) is 0 Å². The predicted octanol–water partition coefficient (Wildman–Crippen LogP) is 3.18. The average molecular weight is 365 g/mol.